The monoisotopic (exact) mass is 303 g/mol. The molecule has 118 valence electrons. The molecule has 6 heteroatoms. The molecule has 3 rings (SSSR count). The lowest BCUT2D eigenvalue weighted by molar-refractivity contribution is 0.0664. The van der Waals surface area contributed by atoms with Crippen LogP contribution in [0.4, 0.5) is 0 Å². The first kappa shape index (κ1) is 14.8. The molecule has 1 fully saturated rings. The van der Waals surface area contributed by atoms with E-state index in [1.807, 2.05) is 24.7 Å². The second kappa shape index (κ2) is 5.96. The predicted molar refractivity (Wildman–Crippen MR) is 83.1 cm³/mol. The Labute approximate surface area is 129 Å². The smallest absolute Gasteiger partial charge is 0.252 e. The number of nitrogens with two attached hydrogens (primary N) is 1. The normalized spacial score (nSPS) is 16.3. The van der Waals surface area contributed by atoms with E-state index >= 15 is 0 Å². The number of carbonyl (C=O) groups excluding carboxylic acids is 1. The number of nitrogens with zero attached hydrogens (tertiary/aromatic N) is 2. The van der Waals surface area contributed by atoms with Crippen LogP contribution < -0.4 is 10.5 Å². The minimum Gasteiger partial charge on any atom is -0.490 e. The van der Waals surface area contributed by atoms with E-state index in [1.54, 1.807) is 12.1 Å². The molecule has 22 heavy (non-hydrogen) atoms. The molecule has 2 aromatic rings. The molecule has 1 aromatic heterocycles. The highest BCUT2D eigenvalue weighted by molar-refractivity contribution is 6.00. The number of rotatable bonds is 4. The third kappa shape index (κ3) is 2.92. The molecule has 1 aromatic carbocycles. The van der Waals surface area contributed by atoms with Crippen molar-refractivity contribution in [2.75, 3.05) is 13.2 Å². The fourth-order valence-corrected chi connectivity index (χ4v) is 2.75. The number of hydrogen-bond donors (Lipinski definition) is 1. The lowest BCUT2D eigenvalue weighted by Gasteiger charge is -2.22. The van der Waals surface area contributed by atoms with E-state index in [9.17, 15) is 4.79 Å². The first-order valence-corrected chi connectivity index (χ1v) is 7.61. The summed E-state index contributed by atoms with van der Waals surface area (Å²) in [5.41, 5.74) is 6.68. The fraction of sp³-hybridized carbons (Fsp3) is 0.500. The van der Waals surface area contributed by atoms with Gasteiger partial charge in [0.15, 0.2) is 0 Å². The van der Waals surface area contributed by atoms with Gasteiger partial charge in [0, 0.05) is 30.9 Å². The van der Waals surface area contributed by atoms with E-state index < -0.39 is 5.91 Å². The predicted octanol–water partition coefficient (Wildman–Crippen LogP) is 2.27. The molecule has 0 radical (unpaired) electrons. The molecule has 1 aliphatic rings. The van der Waals surface area contributed by atoms with Crippen molar-refractivity contribution in [1.29, 1.82) is 0 Å². The van der Waals surface area contributed by atoms with Gasteiger partial charge in [-0.1, -0.05) is 0 Å². The van der Waals surface area contributed by atoms with E-state index in [0.29, 0.717) is 17.4 Å². The van der Waals surface area contributed by atoms with Gasteiger partial charge in [-0.05, 0) is 32.8 Å². The van der Waals surface area contributed by atoms with Crippen molar-refractivity contribution in [3.05, 3.63) is 23.9 Å². The van der Waals surface area contributed by atoms with Crippen molar-refractivity contribution < 1.29 is 14.3 Å². The van der Waals surface area contributed by atoms with Crippen LogP contribution >= 0.6 is 0 Å². The molecule has 6 nitrogen and oxygen atoms in total. The Kier molecular flexibility index (Phi) is 4.02. The minimum atomic E-state index is -0.489. The highest BCUT2D eigenvalue weighted by atomic mass is 16.5. The van der Waals surface area contributed by atoms with Crippen LogP contribution in [0.25, 0.3) is 10.9 Å². The van der Waals surface area contributed by atoms with Crippen LogP contribution in [-0.2, 0) is 4.74 Å². The molecule has 0 bridgehead atoms. The second-order valence-electron chi connectivity index (χ2n) is 5.89. The van der Waals surface area contributed by atoms with Crippen LogP contribution in [0, 0.1) is 0 Å². The van der Waals surface area contributed by atoms with Crippen LogP contribution in [-0.4, -0.2) is 35.0 Å². The molecule has 1 aliphatic heterocycles. The Balaban J connectivity index is 2.01. The maximum absolute atomic E-state index is 11.7. The number of primary amides is 1. The van der Waals surface area contributed by atoms with Crippen LogP contribution in [0.3, 0.4) is 0 Å². The zero-order valence-electron chi connectivity index (χ0n) is 12.9. The summed E-state index contributed by atoms with van der Waals surface area (Å²) in [6.45, 7) is 5.34. The Morgan fingerprint density at radius 1 is 1.41 bits per heavy atom. The van der Waals surface area contributed by atoms with Crippen molar-refractivity contribution in [2.45, 2.75) is 38.8 Å². The molecular weight excluding hydrogens is 282 g/mol. The van der Waals surface area contributed by atoms with Crippen LogP contribution in [0.15, 0.2) is 18.3 Å². The van der Waals surface area contributed by atoms with Gasteiger partial charge in [-0.2, -0.15) is 5.10 Å². The summed E-state index contributed by atoms with van der Waals surface area (Å²) in [5.74, 6) is 0.00333. The summed E-state index contributed by atoms with van der Waals surface area (Å²) < 4.78 is 13.1. The molecule has 2 N–H and O–H groups in total. The SMILES string of the molecule is CC(C)Oc1cc2nn(C3CCOCC3)cc2cc1C(N)=O. The molecule has 0 atom stereocenters. The van der Waals surface area contributed by atoms with Crippen LogP contribution in [0.1, 0.15) is 43.1 Å². The van der Waals surface area contributed by atoms with Crippen molar-refractivity contribution >= 4 is 16.8 Å². The van der Waals surface area contributed by atoms with Gasteiger partial charge in [-0.25, -0.2) is 0 Å². The largest absolute Gasteiger partial charge is 0.490 e. The molecule has 1 amide bonds. The lowest BCUT2D eigenvalue weighted by Crippen LogP contribution is -2.19. The van der Waals surface area contributed by atoms with E-state index in [0.717, 1.165) is 37.0 Å². The van der Waals surface area contributed by atoms with Crippen molar-refractivity contribution in [2.24, 2.45) is 5.73 Å². The molecule has 0 saturated carbocycles. The molecule has 1 saturated heterocycles. The summed E-state index contributed by atoms with van der Waals surface area (Å²) >= 11 is 0. The average Bonchev–Trinajstić information content (AvgIpc) is 2.89. The Morgan fingerprint density at radius 2 is 2.14 bits per heavy atom. The second-order valence-corrected chi connectivity index (χ2v) is 5.89. The van der Waals surface area contributed by atoms with Gasteiger partial charge >= 0.3 is 0 Å². The van der Waals surface area contributed by atoms with Gasteiger partial charge in [0.1, 0.15) is 5.75 Å². The number of fused-ring (bicyclic) bond motifs is 1. The summed E-state index contributed by atoms with van der Waals surface area (Å²) in [6, 6.07) is 3.90. The summed E-state index contributed by atoms with van der Waals surface area (Å²) in [5, 5.41) is 5.53. The Hall–Kier alpha value is -2.08. The topological polar surface area (TPSA) is 79.4 Å². The third-order valence-corrected chi connectivity index (χ3v) is 3.82. The molecular formula is C16H21N3O3. The Bertz CT molecular complexity index is 687. The van der Waals surface area contributed by atoms with E-state index in [4.69, 9.17) is 15.2 Å². The molecule has 2 heterocycles. The average molecular weight is 303 g/mol. The lowest BCUT2D eigenvalue weighted by atomic mass is 10.1. The highest BCUT2D eigenvalue weighted by Gasteiger charge is 2.19. The first-order valence-electron chi connectivity index (χ1n) is 7.61. The van der Waals surface area contributed by atoms with E-state index in [2.05, 4.69) is 5.10 Å². The Morgan fingerprint density at radius 3 is 2.77 bits per heavy atom. The van der Waals surface area contributed by atoms with Gasteiger partial charge in [0.25, 0.3) is 5.91 Å². The van der Waals surface area contributed by atoms with Gasteiger partial charge in [0.05, 0.1) is 23.2 Å². The van der Waals surface area contributed by atoms with Crippen LogP contribution in [0.2, 0.25) is 0 Å². The van der Waals surface area contributed by atoms with Gasteiger partial charge < -0.3 is 15.2 Å². The zero-order valence-corrected chi connectivity index (χ0v) is 12.9. The number of carbonyl (C=O) groups is 1. The van der Waals surface area contributed by atoms with Crippen molar-refractivity contribution in [3.8, 4) is 5.75 Å². The van der Waals surface area contributed by atoms with Gasteiger partial charge in [-0.3, -0.25) is 9.48 Å². The number of hydrogen-bond acceptors (Lipinski definition) is 4. The molecule has 0 spiro atoms. The quantitative estimate of drug-likeness (QED) is 0.939. The number of aromatic nitrogens is 2. The van der Waals surface area contributed by atoms with Gasteiger partial charge in [0.2, 0.25) is 0 Å². The molecule has 0 unspecified atom stereocenters. The van der Waals surface area contributed by atoms with Crippen LogP contribution in [0.5, 0.6) is 5.75 Å². The minimum absolute atomic E-state index is 0.0341. The van der Waals surface area contributed by atoms with E-state index in [-0.39, 0.29) is 6.10 Å². The van der Waals surface area contributed by atoms with Crippen molar-refractivity contribution in [3.63, 3.8) is 0 Å². The summed E-state index contributed by atoms with van der Waals surface area (Å²) in [4.78, 5) is 11.7. The maximum atomic E-state index is 11.7. The number of amides is 1. The molecule has 0 aliphatic carbocycles. The highest BCUT2D eigenvalue weighted by Crippen LogP contribution is 2.28. The number of ether oxygens (including phenoxy) is 2. The number of benzene rings is 1. The van der Waals surface area contributed by atoms with Gasteiger partial charge in [-0.15, -0.1) is 0 Å². The standard InChI is InChI=1S/C16H21N3O3/c1-10(2)22-15-8-14-11(7-13(15)16(17)20)9-19(18-14)12-3-5-21-6-4-12/h7-10,12H,3-6H2,1-2H3,(H2,17,20). The first-order chi connectivity index (χ1) is 10.5. The fourth-order valence-electron chi connectivity index (χ4n) is 2.75. The van der Waals surface area contributed by atoms with Crippen molar-refractivity contribution in [1.82, 2.24) is 9.78 Å². The summed E-state index contributed by atoms with van der Waals surface area (Å²) in [7, 11) is 0. The zero-order chi connectivity index (χ0) is 15.7. The summed E-state index contributed by atoms with van der Waals surface area (Å²) in [6.07, 6.45) is 3.84. The van der Waals surface area contributed by atoms with E-state index in [1.165, 1.54) is 0 Å². The maximum Gasteiger partial charge on any atom is 0.252 e. The third-order valence-electron chi connectivity index (χ3n) is 3.82.